The van der Waals surface area contributed by atoms with E-state index < -0.39 is 0 Å². The van der Waals surface area contributed by atoms with E-state index in [0.29, 0.717) is 23.5 Å². The minimum absolute atomic E-state index is 0.0338. The molecule has 5 atom stereocenters. The van der Waals surface area contributed by atoms with Crippen LogP contribution in [0.5, 0.6) is 11.5 Å². The van der Waals surface area contributed by atoms with E-state index in [1.807, 2.05) is 24.3 Å². The molecule has 5 rings (SSSR count). The van der Waals surface area contributed by atoms with E-state index in [1.165, 1.54) is 16.7 Å². The molecule has 3 nitrogen and oxygen atoms in total. The van der Waals surface area contributed by atoms with E-state index >= 15 is 0 Å². The molecular weight excluding hydrogens is 360 g/mol. The normalized spacial score (nSPS) is 34.4. The Balaban J connectivity index is 1.45. The Morgan fingerprint density at radius 2 is 1.90 bits per heavy atom. The van der Waals surface area contributed by atoms with Gasteiger partial charge < -0.3 is 14.9 Å². The van der Waals surface area contributed by atoms with Crippen molar-refractivity contribution in [3.8, 4) is 11.5 Å². The fourth-order valence-electron chi connectivity index (χ4n) is 6.48. The number of aliphatic hydroxyl groups excluding tert-OH is 1. The van der Waals surface area contributed by atoms with Crippen LogP contribution in [0.25, 0.3) is 6.08 Å². The topological polar surface area (TPSA) is 49.7 Å². The second-order valence-corrected chi connectivity index (χ2v) is 9.44. The maximum Gasteiger partial charge on any atom is 0.118 e. The van der Waals surface area contributed by atoms with Crippen LogP contribution in [0.2, 0.25) is 0 Å². The fraction of sp³-hybridized carbons (Fsp3) is 0.462. The lowest BCUT2D eigenvalue weighted by atomic mass is 9.55. The summed E-state index contributed by atoms with van der Waals surface area (Å²) < 4.78 is 5.26. The molecule has 2 fully saturated rings. The van der Waals surface area contributed by atoms with Crippen molar-refractivity contribution >= 4 is 6.08 Å². The van der Waals surface area contributed by atoms with E-state index in [9.17, 15) is 10.2 Å². The number of rotatable bonds is 2. The first kappa shape index (κ1) is 18.7. The van der Waals surface area contributed by atoms with Gasteiger partial charge in [0.15, 0.2) is 0 Å². The molecule has 2 saturated carbocycles. The predicted octanol–water partition coefficient (Wildman–Crippen LogP) is 5.31. The van der Waals surface area contributed by atoms with Gasteiger partial charge in [-0.15, -0.1) is 0 Å². The summed E-state index contributed by atoms with van der Waals surface area (Å²) in [4.78, 5) is 0. The molecule has 0 bridgehead atoms. The zero-order valence-corrected chi connectivity index (χ0v) is 17.3. The van der Waals surface area contributed by atoms with Crippen molar-refractivity contribution in [2.24, 2.45) is 17.3 Å². The molecule has 0 saturated heterocycles. The van der Waals surface area contributed by atoms with Crippen LogP contribution in [0, 0.1) is 17.3 Å². The van der Waals surface area contributed by atoms with Crippen LogP contribution < -0.4 is 4.74 Å². The summed E-state index contributed by atoms with van der Waals surface area (Å²) in [5.74, 6) is 2.92. The first-order valence-corrected chi connectivity index (χ1v) is 10.8. The SMILES string of the molecule is COc1ccc(/C=C2\C[C@H]3[C@H]4CCc5cc(O)ccc5[C@@H]4CC[C@@]3(C)[C@H]2O)cc1. The Labute approximate surface area is 173 Å². The molecule has 0 heterocycles. The van der Waals surface area contributed by atoms with E-state index in [4.69, 9.17) is 4.74 Å². The van der Waals surface area contributed by atoms with Crippen molar-refractivity contribution in [1.29, 1.82) is 0 Å². The second kappa shape index (κ2) is 6.91. The largest absolute Gasteiger partial charge is 0.508 e. The third-order valence-electron chi connectivity index (χ3n) is 8.05. The first-order valence-electron chi connectivity index (χ1n) is 10.8. The number of phenols is 1. The van der Waals surface area contributed by atoms with Crippen LogP contribution in [0.3, 0.4) is 0 Å². The fourth-order valence-corrected chi connectivity index (χ4v) is 6.48. The number of hydrogen-bond acceptors (Lipinski definition) is 3. The molecule has 3 aliphatic rings. The zero-order chi connectivity index (χ0) is 20.2. The highest BCUT2D eigenvalue weighted by atomic mass is 16.5. The molecule has 152 valence electrons. The number of methoxy groups -OCH3 is 1. The Hall–Kier alpha value is -2.26. The minimum Gasteiger partial charge on any atom is -0.508 e. The third kappa shape index (κ3) is 2.98. The molecule has 0 unspecified atom stereocenters. The summed E-state index contributed by atoms with van der Waals surface area (Å²) in [6.45, 7) is 2.31. The lowest BCUT2D eigenvalue weighted by Gasteiger charge is -2.49. The Morgan fingerprint density at radius 1 is 1.10 bits per heavy atom. The van der Waals surface area contributed by atoms with Gasteiger partial charge in [-0.1, -0.05) is 31.2 Å². The molecule has 0 radical (unpaired) electrons. The molecule has 2 N–H and O–H groups in total. The number of aryl methyl sites for hydroxylation is 1. The standard InChI is InChI=1S/C26H30O3/c1-26-12-11-22-21-10-6-19(27)14-17(21)5-9-23(22)24(26)15-18(25(26)28)13-16-3-7-20(29-2)8-4-16/h3-4,6-8,10,13-14,22-25,27-28H,5,9,11-12,15H2,1-2H3/b18-13+/t22-,23-,24-,25-,26+/m0/s1. The molecule has 29 heavy (non-hydrogen) atoms. The highest BCUT2D eigenvalue weighted by Crippen LogP contribution is 2.62. The highest BCUT2D eigenvalue weighted by Gasteiger charge is 2.56. The molecule has 0 amide bonds. The van der Waals surface area contributed by atoms with Crippen molar-refractivity contribution < 1.29 is 14.9 Å². The van der Waals surface area contributed by atoms with Crippen LogP contribution in [0.1, 0.15) is 55.2 Å². The number of aliphatic hydroxyl groups is 1. The summed E-state index contributed by atoms with van der Waals surface area (Å²) in [5, 5.41) is 21.2. The zero-order valence-electron chi connectivity index (χ0n) is 17.3. The van der Waals surface area contributed by atoms with E-state index in [-0.39, 0.29) is 11.5 Å². The summed E-state index contributed by atoms with van der Waals surface area (Å²) in [5.41, 5.74) is 5.03. The quantitative estimate of drug-likeness (QED) is 0.730. The Morgan fingerprint density at radius 3 is 2.66 bits per heavy atom. The van der Waals surface area contributed by atoms with Crippen LogP contribution in [-0.2, 0) is 6.42 Å². The second-order valence-electron chi connectivity index (χ2n) is 9.44. The lowest BCUT2D eigenvalue weighted by molar-refractivity contribution is -0.0158. The molecule has 2 aromatic rings. The third-order valence-corrected chi connectivity index (χ3v) is 8.05. The van der Waals surface area contributed by atoms with Gasteiger partial charge in [0.2, 0.25) is 0 Å². The molecule has 3 heteroatoms. The monoisotopic (exact) mass is 390 g/mol. The molecular formula is C26H30O3. The van der Waals surface area contributed by atoms with Crippen molar-refractivity contribution in [3.63, 3.8) is 0 Å². The van der Waals surface area contributed by atoms with Gasteiger partial charge in [0, 0.05) is 5.41 Å². The summed E-state index contributed by atoms with van der Waals surface area (Å²) >= 11 is 0. The van der Waals surface area contributed by atoms with Crippen molar-refractivity contribution in [3.05, 3.63) is 64.7 Å². The molecule has 0 aromatic heterocycles. The molecule has 2 aromatic carbocycles. The Kier molecular flexibility index (Phi) is 4.47. The van der Waals surface area contributed by atoms with Crippen LogP contribution in [0.4, 0.5) is 0 Å². The molecule has 3 aliphatic carbocycles. The maximum absolute atomic E-state index is 11.3. The highest BCUT2D eigenvalue weighted by molar-refractivity contribution is 5.56. The van der Waals surface area contributed by atoms with Gasteiger partial charge >= 0.3 is 0 Å². The van der Waals surface area contributed by atoms with Crippen LogP contribution in [-0.4, -0.2) is 23.4 Å². The van der Waals surface area contributed by atoms with Crippen LogP contribution in [0.15, 0.2) is 48.0 Å². The first-order chi connectivity index (χ1) is 14.0. The minimum atomic E-state index is -0.364. The smallest absolute Gasteiger partial charge is 0.118 e. The average Bonchev–Trinajstić information content (AvgIpc) is 2.99. The molecule has 0 aliphatic heterocycles. The number of phenolic OH excluding ortho intramolecular Hbond substituents is 1. The summed E-state index contributed by atoms with van der Waals surface area (Å²) in [6, 6.07) is 14.0. The lowest BCUT2D eigenvalue weighted by Crippen LogP contribution is -2.44. The number of ether oxygens (including phenoxy) is 1. The van der Waals surface area contributed by atoms with Gasteiger partial charge in [-0.25, -0.2) is 0 Å². The summed E-state index contributed by atoms with van der Waals surface area (Å²) in [7, 11) is 1.68. The number of aromatic hydroxyl groups is 1. The van der Waals surface area contributed by atoms with E-state index in [0.717, 1.165) is 43.4 Å². The average molecular weight is 391 g/mol. The van der Waals surface area contributed by atoms with Gasteiger partial charge in [0.1, 0.15) is 11.5 Å². The van der Waals surface area contributed by atoms with Gasteiger partial charge in [-0.2, -0.15) is 0 Å². The molecule has 0 spiro atoms. The van der Waals surface area contributed by atoms with Crippen molar-refractivity contribution in [1.82, 2.24) is 0 Å². The van der Waals surface area contributed by atoms with Gasteiger partial charge in [0.05, 0.1) is 13.2 Å². The van der Waals surface area contributed by atoms with Gasteiger partial charge in [-0.3, -0.25) is 0 Å². The number of hydrogen-bond donors (Lipinski definition) is 2. The maximum atomic E-state index is 11.3. The van der Waals surface area contributed by atoms with E-state index in [2.05, 4.69) is 31.2 Å². The van der Waals surface area contributed by atoms with Crippen molar-refractivity contribution in [2.45, 2.75) is 51.0 Å². The van der Waals surface area contributed by atoms with Crippen molar-refractivity contribution in [2.75, 3.05) is 7.11 Å². The number of benzene rings is 2. The predicted molar refractivity (Wildman–Crippen MR) is 115 cm³/mol. The van der Waals surface area contributed by atoms with Gasteiger partial charge in [-0.05, 0) is 96.4 Å². The van der Waals surface area contributed by atoms with Gasteiger partial charge in [0.25, 0.3) is 0 Å². The Bertz CT molecular complexity index is 945. The van der Waals surface area contributed by atoms with Crippen LogP contribution >= 0.6 is 0 Å². The summed E-state index contributed by atoms with van der Waals surface area (Å²) in [6.07, 6.45) is 7.18. The van der Waals surface area contributed by atoms with E-state index in [1.54, 1.807) is 7.11 Å². The number of fused-ring (bicyclic) bond motifs is 5.